The van der Waals surface area contributed by atoms with Gasteiger partial charge in [-0.15, -0.1) is 0 Å². The molecule has 0 radical (unpaired) electrons. The lowest BCUT2D eigenvalue weighted by Crippen LogP contribution is -2.43. The van der Waals surface area contributed by atoms with Crippen molar-refractivity contribution >= 4 is 11.8 Å². The molecule has 5 heteroatoms. The predicted octanol–water partition coefficient (Wildman–Crippen LogP) is 2.37. The minimum absolute atomic E-state index is 0.333. The molecule has 0 unspecified atom stereocenters. The second-order valence-electron chi connectivity index (χ2n) is 5.90. The Morgan fingerprint density at radius 3 is 2.73 bits per heavy atom. The van der Waals surface area contributed by atoms with E-state index < -0.39 is 0 Å². The Bertz CT molecular complexity index is 472. The Morgan fingerprint density at radius 2 is 2.00 bits per heavy atom. The van der Waals surface area contributed by atoms with Gasteiger partial charge in [0.1, 0.15) is 6.10 Å². The zero-order chi connectivity index (χ0) is 15.2. The number of thioether (sulfide) groups is 1. The third kappa shape index (κ3) is 4.09. The lowest BCUT2D eigenvalue weighted by molar-refractivity contribution is 0.175. The molecule has 2 heterocycles. The highest BCUT2D eigenvalue weighted by Gasteiger charge is 2.21. The third-order valence-corrected chi connectivity index (χ3v) is 5.39. The quantitative estimate of drug-likeness (QED) is 0.900. The van der Waals surface area contributed by atoms with Crippen LogP contribution in [0, 0.1) is 0 Å². The molecule has 0 aliphatic carbocycles. The average Bonchev–Trinajstić information content (AvgIpc) is 2.58. The number of benzene rings is 1. The van der Waals surface area contributed by atoms with Crippen molar-refractivity contribution in [2.75, 3.05) is 44.8 Å². The normalized spacial score (nSPS) is 20.8. The second-order valence-corrected chi connectivity index (χ2v) is 7.13. The van der Waals surface area contributed by atoms with Gasteiger partial charge >= 0.3 is 0 Å². The molecule has 2 aliphatic rings. The summed E-state index contributed by atoms with van der Waals surface area (Å²) in [5, 5.41) is 3.40. The van der Waals surface area contributed by atoms with Gasteiger partial charge in [0, 0.05) is 38.3 Å². The Hall–Kier alpha value is -0.910. The van der Waals surface area contributed by atoms with Gasteiger partial charge in [-0.1, -0.05) is 12.1 Å². The smallest absolute Gasteiger partial charge is 0.166 e. The van der Waals surface area contributed by atoms with E-state index in [-0.39, 0.29) is 0 Å². The van der Waals surface area contributed by atoms with Crippen molar-refractivity contribution in [1.82, 2.24) is 10.2 Å². The van der Waals surface area contributed by atoms with Gasteiger partial charge < -0.3 is 14.8 Å². The van der Waals surface area contributed by atoms with Gasteiger partial charge in [-0.25, -0.2) is 0 Å². The van der Waals surface area contributed by atoms with Crippen LogP contribution in [-0.4, -0.2) is 55.8 Å². The van der Waals surface area contributed by atoms with Crippen molar-refractivity contribution in [3.63, 3.8) is 0 Å². The lowest BCUT2D eigenvalue weighted by Gasteiger charge is -2.29. The fourth-order valence-electron chi connectivity index (χ4n) is 3.05. The molecule has 122 valence electrons. The summed E-state index contributed by atoms with van der Waals surface area (Å²) in [6.45, 7) is 5.27. The van der Waals surface area contributed by atoms with Crippen molar-refractivity contribution in [2.45, 2.75) is 25.5 Å². The van der Waals surface area contributed by atoms with E-state index in [1.54, 1.807) is 7.11 Å². The van der Waals surface area contributed by atoms with E-state index in [2.05, 4.69) is 22.3 Å². The molecule has 0 amide bonds. The van der Waals surface area contributed by atoms with Gasteiger partial charge in [-0.3, -0.25) is 4.90 Å². The van der Waals surface area contributed by atoms with E-state index in [1.807, 2.05) is 17.8 Å². The van der Waals surface area contributed by atoms with Crippen LogP contribution in [0.3, 0.4) is 0 Å². The van der Waals surface area contributed by atoms with Gasteiger partial charge in [-0.2, -0.15) is 11.8 Å². The Kier molecular flexibility index (Phi) is 5.87. The second kappa shape index (κ2) is 8.09. The van der Waals surface area contributed by atoms with Gasteiger partial charge in [0.05, 0.1) is 7.11 Å². The highest BCUT2D eigenvalue weighted by atomic mass is 32.2. The van der Waals surface area contributed by atoms with Crippen LogP contribution >= 0.6 is 11.8 Å². The summed E-state index contributed by atoms with van der Waals surface area (Å²) in [6.07, 6.45) is 2.60. The van der Waals surface area contributed by atoms with E-state index in [0.717, 1.165) is 57.1 Å². The van der Waals surface area contributed by atoms with Crippen molar-refractivity contribution in [3.05, 3.63) is 23.8 Å². The van der Waals surface area contributed by atoms with Crippen molar-refractivity contribution in [1.29, 1.82) is 0 Å². The molecule has 0 aromatic heterocycles. The molecule has 0 spiro atoms. The average molecular weight is 322 g/mol. The number of hydrogen-bond donors (Lipinski definition) is 1. The van der Waals surface area contributed by atoms with Crippen LogP contribution < -0.4 is 14.8 Å². The number of methoxy groups -OCH3 is 1. The standard InChI is InChI=1S/C17H26N2O2S/c1-20-16-4-2-3-14(13-19-9-7-18-8-10-19)17(16)21-15-5-11-22-12-6-15/h2-4,15,18H,5-13H2,1H3. The molecule has 2 fully saturated rings. The van der Waals surface area contributed by atoms with Crippen LogP contribution in [0.5, 0.6) is 11.5 Å². The fraction of sp³-hybridized carbons (Fsp3) is 0.647. The molecule has 0 atom stereocenters. The number of rotatable bonds is 5. The first kappa shape index (κ1) is 16.0. The maximum atomic E-state index is 6.37. The summed E-state index contributed by atoms with van der Waals surface area (Å²) < 4.78 is 11.9. The highest BCUT2D eigenvalue weighted by molar-refractivity contribution is 7.99. The van der Waals surface area contributed by atoms with Gasteiger partial charge in [-0.05, 0) is 30.4 Å². The largest absolute Gasteiger partial charge is 0.493 e. The van der Waals surface area contributed by atoms with Gasteiger partial charge in [0.15, 0.2) is 11.5 Å². The minimum Gasteiger partial charge on any atom is -0.493 e. The van der Waals surface area contributed by atoms with Crippen molar-refractivity contribution < 1.29 is 9.47 Å². The molecule has 0 saturated carbocycles. The molecule has 22 heavy (non-hydrogen) atoms. The Morgan fingerprint density at radius 1 is 1.23 bits per heavy atom. The predicted molar refractivity (Wildman–Crippen MR) is 92.1 cm³/mol. The lowest BCUT2D eigenvalue weighted by atomic mass is 10.1. The number of nitrogens with zero attached hydrogens (tertiary/aromatic N) is 1. The molecular weight excluding hydrogens is 296 g/mol. The zero-order valence-electron chi connectivity index (χ0n) is 13.3. The molecule has 2 aliphatic heterocycles. The highest BCUT2D eigenvalue weighted by Crippen LogP contribution is 2.34. The number of ether oxygens (including phenoxy) is 2. The maximum absolute atomic E-state index is 6.37. The van der Waals surface area contributed by atoms with E-state index >= 15 is 0 Å². The van der Waals surface area contributed by atoms with Gasteiger partial charge in [0.2, 0.25) is 0 Å². The minimum atomic E-state index is 0.333. The first-order valence-corrected chi connectivity index (χ1v) is 9.35. The molecular formula is C17H26N2O2S. The molecule has 1 aromatic rings. The number of nitrogens with one attached hydrogen (secondary N) is 1. The summed E-state index contributed by atoms with van der Waals surface area (Å²) in [6, 6.07) is 6.26. The SMILES string of the molecule is COc1cccc(CN2CCNCC2)c1OC1CCSCC1. The first-order valence-electron chi connectivity index (χ1n) is 8.20. The number of piperazine rings is 1. The van der Waals surface area contributed by atoms with E-state index in [4.69, 9.17) is 9.47 Å². The molecule has 0 bridgehead atoms. The Balaban J connectivity index is 1.75. The summed E-state index contributed by atoms with van der Waals surface area (Å²) in [5.74, 6) is 4.23. The van der Waals surface area contributed by atoms with Crippen molar-refractivity contribution in [3.8, 4) is 11.5 Å². The van der Waals surface area contributed by atoms with E-state index in [9.17, 15) is 0 Å². The monoisotopic (exact) mass is 322 g/mol. The van der Waals surface area contributed by atoms with Crippen LogP contribution in [0.1, 0.15) is 18.4 Å². The molecule has 1 N–H and O–H groups in total. The summed E-state index contributed by atoms with van der Waals surface area (Å²) in [5.41, 5.74) is 1.25. The van der Waals surface area contributed by atoms with Crippen molar-refractivity contribution in [2.24, 2.45) is 0 Å². The molecule has 2 saturated heterocycles. The molecule has 1 aromatic carbocycles. The van der Waals surface area contributed by atoms with E-state index in [0.29, 0.717) is 6.10 Å². The zero-order valence-corrected chi connectivity index (χ0v) is 14.2. The maximum Gasteiger partial charge on any atom is 0.166 e. The van der Waals surface area contributed by atoms with Crippen LogP contribution in [-0.2, 0) is 6.54 Å². The fourth-order valence-corrected chi connectivity index (χ4v) is 4.11. The van der Waals surface area contributed by atoms with E-state index in [1.165, 1.54) is 17.1 Å². The van der Waals surface area contributed by atoms with Crippen LogP contribution in [0.4, 0.5) is 0 Å². The van der Waals surface area contributed by atoms with Crippen LogP contribution in [0.25, 0.3) is 0 Å². The molecule has 4 nitrogen and oxygen atoms in total. The summed E-state index contributed by atoms with van der Waals surface area (Å²) in [4.78, 5) is 2.48. The number of hydrogen-bond acceptors (Lipinski definition) is 5. The van der Waals surface area contributed by atoms with Gasteiger partial charge in [0.25, 0.3) is 0 Å². The van der Waals surface area contributed by atoms with Crippen LogP contribution in [0.2, 0.25) is 0 Å². The topological polar surface area (TPSA) is 33.7 Å². The van der Waals surface area contributed by atoms with Crippen LogP contribution in [0.15, 0.2) is 18.2 Å². The third-order valence-electron chi connectivity index (χ3n) is 4.34. The molecule has 3 rings (SSSR count). The Labute approximate surface area is 137 Å². The summed E-state index contributed by atoms with van der Waals surface area (Å²) >= 11 is 2.03. The first-order chi connectivity index (χ1) is 10.9. The number of para-hydroxylation sites is 1. The summed E-state index contributed by atoms with van der Waals surface area (Å²) in [7, 11) is 1.73.